The van der Waals surface area contributed by atoms with E-state index < -0.39 is 34.0 Å². The van der Waals surface area contributed by atoms with Crippen LogP contribution >= 0.6 is 0 Å². The van der Waals surface area contributed by atoms with Crippen LogP contribution in [0.4, 0.5) is 10.3 Å². The van der Waals surface area contributed by atoms with E-state index in [1.54, 1.807) is 6.08 Å². The Morgan fingerprint density at radius 3 is 1.84 bits per heavy atom. The van der Waals surface area contributed by atoms with Crippen LogP contribution in [0, 0.1) is 5.82 Å². The van der Waals surface area contributed by atoms with Crippen LogP contribution in [-0.4, -0.2) is 92.2 Å². The number of halogens is 1. The van der Waals surface area contributed by atoms with Crippen LogP contribution in [0.2, 0.25) is 0 Å². The first kappa shape index (κ1) is 53.1. The Hall–Kier alpha value is -5.02. The van der Waals surface area contributed by atoms with Gasteiger partial charge in [-0.05, 0) is 75.1 Å². The van der Waals surface area contributed by atoms with E-state index >= 15 is 0 Å². The maximum Gasteiger partial charge on any atom is 0.239 e. The molecule has 2 amide bonds. The van der Waals surface area contributed by atoms with Crippen LogP contribution in [0.15, 0.2) is 103 Å². The molecule has 0 saturated carbocycles. The monoisotopic (exact) mass is 877 g/mol. The number of allylic oxidation sites excluding steroid dienone is 12. The topological polar surface area (TPSA) is 171 Å². The van der Waals surface area contributed by atoms with Crippen LogP contribution in [0.25, 0.3) is 17.3 Å². The zero-order chi connectivity index (χ0) is 45.6. The molecule has 1 heterocycles. The van der Waals surface area contributed by atoms with Crippen molar-refractivity contribution < 1.29 is 37.3 Å². The first-order chi connectivity index (χ1) is 29.7. The summed E-state index contributed by atoms with van der Waals surface area (Å²) in [7, 11) is -2.35. The van der Waals surface area contributed by atoms with Gasteiger partial charge in [0.05, 0.1) is 49.5 Å². The van der Waals surface area contributed by atoms with Crippen LogP contribution in [0.5, 0.6) is 0 Å². The molecule has 340 valence electrons. The van der Waals surface area contributed by atoms with Gasteiger partial charge in [0.15, 0.2) is 0 Å². The smallest absolute Gasteiger partial charge is 0.239 e. The number of nitrogens with one attached hydrogen (secondary N) is 2. The van der Waals surface area contributed by atoms with Gasteiger partial charge < -0.3 is 25.6 Å². The van der Waals surface area contributed by atoms with E-state index in [9.17, 15) is 32.6 Å². The van der Waals surface area contributed by atoms with E-state index in [0.29, 0.717) is 41.9 Å². The zero-order valence-electron chi connectivity index (χ0n) is 37.1. The lowest BCUT2D eigenvalue weighted by Gasteiger charge is -2.20. The summed E-state index contributed by atoms with van der Waals surface area (Å²) >= 11 is 0. The predicted octanol–water partition coefficient (Wildman–Crippen LogP) is 8.04. The molecule has 0 aliphatic heterocycles. The van der Waals surface area contributed by atoms with Gasteiger partial charge in [-0.1, -0.05) is 106 Å². The van der Waals surface area contributed by atoms with Gasteiger partial charge in [-0.15, -0.1) is 0 Å². The number of nitrogens with zero attached hydrogens (tertiary/aromatic N) is 3. The molecule has 4 N–H and O–H groups in total. The Balaban J connectivity index is 1.65. The molecule has 0 unspecified atom stereocenters. The summed E-state index contributed by atoms with van der Waals surface area (Å²) in [6, 6.07) is 5.56. The summed E-state index contributed by atoms with van der Waals surface area (Å²) in [4.78, 5) is 33.5. The molecular formula is C48H68FN5O7S. The minimum atomic E-state index is -3.69. The van der Waals surface area contributed by atoms with Gasteiger partial charge in [-0.2, -0.15) is 0 Å². The molecule has 2 rings (SSSR count). The highest BCUT2D eigenvalue weighted by Crippen LogP contribution is 2.32. The Kier molecular flexibility index (Phi) is 26.5. The SMILES string of the molecule is CC/C=C\C/C=C\C/C=C\C/C=C\C/C=C\C/C=C\CCC(=O)NCCOCCNC(=O)C[C@H](O)C[C@H](O)/C=C/c1c(-c2ccc(F)cc2)nc(N(C)S(C)(=O)=O)nc1C(C)C. The van der Waals surface area contributed by atoms with Crippen molar-refractivity contribution in [2.24, 2.45) is 0 Å². The summed E-state index contributed by atoms with van der Waals surface area (Å²) in [6.45, 7) is 6.94. The number of hydrogen-bond acceptors (Lipinski definition) is 9. The number of benzene rings is 1. The number of anilines is 1. The van der Waals surface area contributed by atoms with Crippen LogP contribution in [0.1, 0.15) is 102 Å². The maximum absolute atomic E-state index is 13.8. The fourth-order valence-corrected chi connectivity index (χ4v) is 6.08. The van der Waals surface area contributed by atoms with Gasteiger partial charge in [-0.3, -0.25) is 9.59 Å². The molecule has 14 heteroatoms. The molecule has 2 aromatic rings. The van der Waals surface area contributed by atoms with E-state index in [-0.39, 0.29) is 50.4 Å². The Morgan fingerprint density at radius 2 is 1.32 bits per heavy atom. The molecular weight excluding hydrogens is 810 g/mol. The quantitative estimate of drug-likeness (QED) is 0.0448. The van der Waals surface area contributed by atoms with Gasteiger partial charge in [0.25, 0.3) is 0 Å². The fourth-order valence-electron chi connectivity index (χ4n) is 5.70. The first-order valence-corrected chi connectivity index (χ1v) is 23.2. The molecule has 1 aromatic heterocycles. The normalized spacial score (nSPS) is 13.6. The molecule has 0 spiro atoms. The molecule has 2 atom stereocenters. The van der Waals surface area contributed by atoms with Crippen LogP contribution in [0.3, 0.4) is 0 Å². The Morgan fingerprint density at radius 1 is 0.806 bits per heavy atom. The second-order valence-electron chi connectivity index (χ2n) is 14.8. The van der Waals surface area contributed by atoms with E-state index in [1.165, 1.54) is 37.4 Å². The number of rotatable bonds is 30. The van der Waals surface area contributed by atoms with E-state index in [4.69, 9.17) is 4.74 Å². The van der Waals surface area contributed by atoms with Gasteiger partial charge in [0.1, 0.15) is 5.82 Å². The third-order valence-corrected chi connectivity index (χ3v) is 10.3. The molecule has 0 aliphatic carbocycles. The Bertz CT molecular complexity index is 1960. The van der Waals surface area contributed by atoms with E-state index in [0.717, 1.165) is 49.1 Å². The summed E-state index contributed by atoms with van der Waals surface area (Å²) in [6.07, 6.45) is 33.8. The van der Waals surface area contributed by atoms with E-state index in [1.807, 2.05) is 19.9 Å². The molecule has 0 fully saturated rings. The number of aromatic nitrogens is 2. The lowest BCUT2D eigenvalue weighted by atomic mass is 9.97. The highest BCUT2D eigenvalue weighted by Gasteiger charge is 2.23. The van der Waals surface area contributed by atoms with Crippen molar-refractivity contribution in [1.29, 1.82) is 0 Å². The summed E-state index contributed by atoms with van der Waals surface area (Å²) in [5, 5.41) is 26.8. The molecule has 62 heavy (non-hydrogen) atoms. The minimum Gasteiger partial charge on any atom is -0.392 e. The van der Waals surface area contributed by atoms with Gasteiger partial charge >= 0.3 is 0 Å². The molecule has 1 aromatic carbocycles. The van der Waals surface area contributed by atoms with Crippen molar-refractivity contribution in [1.82, 2.24) is 20.6 Å². The van der Waals surface area contributed by atoms with E-state index in [2.05, 4.69) is 94.4 Å². The number of amides is 2. The summed E-state index contributed by atoms with van der Waals surface area (Å²) in [5.74, 6) is -1.19. The molecule has 0 radical (unpaired) electrons. The summed E-state index contributed by atoms with van der Waals surface area (Å²) in [5.41, 5.74) is 1.82. The highest BCUT2D eigenvalue weighted by molar-refractivity contribution is 7.92. The van der Waals surface area contributed by atoms with Crippen molar-refractivity contribution in [3.8, 4) is 11.3 Å². The third kappa shape index (κ3) is 23.3. The number of carbonyl (C=O) groups is 2. The van der Waals surface area contributed by atoms with Crippen LogP contribution < -0.4 is 14.9 Å². The number of aliphatic hydroxyl groups excluding tert-OH is 2. The number of sulfonamides is 1. The number of hydrogen-bond donors (Lipinski definition) is 4. The highest BCUT2D eigenvalue weighted by atomic mass is 32.2. The van der Waals surface area contributed by atoms with Crippen molar-refractivity contribution in [2.75, 3.05) is 43.9 Å². The number of carbonyl (C=O) groups excluding carboxylic acids is 2. The second-order valence-corrected chi connectivity index (χ2v) is 16.9. The van der Waals surface area contributed by atoms with Crippen molar-refractivity contribution >= 4 is 33.9 Å². The van der Waals surface area contributed by atoms with Gasteiger partial charge in [0.2, 0.25) is 27.8 Å². The van der Waals surface area contributed by atoms with Crippen molar-refractivity contribution in [3.63, 3.8) is 0 Å². The van der Waals surface area contributed by atoms with Gasteiger partial charge in [-0.25, -0.2) is 27.1 Å². The zero-order valence-corrected chi connectivity index (χ0v) is 37.9. The van der Waals surface area contributed by atoms with Crippen LogP contribution in [-0.2, 0) is 24.3 Å². The van der Waals surface area contributed by atoms with Gasteiger partial charge in [0, 0.05) is 44.1 Å². The first-order valence-electron chi connectivity index (χ1n) is 21.4. The second kappa shape index (κ2) is 30.9. The molecule has 12 nitrogen and oxygen atoms in total. The largest absolute Gasteiger partial charge is 0.392 e. The maximum atomic E-state index is 13.8. The Labute approximate surface area is 369 Å². The number of ether oxygens (including phenoxy) is 1. The lowest BCUT2D eigenvalue weighted by Crippen LogP contribution is -2.32. The third-order valence-electron chi connectivity index (χ3n) is 9.10. The average molecular weight is 878 g/mol. The molecule has 0 saturated heterocycles. The van der Waals surface area contributed by atoms with Crippen molar-refractivity contribution in [2.45, 2.75) is 103 Å². The molecule has 0 bridgehead atoms. The summed E-state index contributed by atoms with van der Waals surface area (Å²) < 4.78 is 44.8. The lowest BCUT2D eigenvalue weighted by molar-refractivity contribution is -0.123. The predicted molar refractivity (Wildman–Crippen MR) is 249 cm³/mol. The average Bonchev–Trinajstić information content (AvgIpc) is 3.22. The van der Waals surface area contributed by atoms with Crippen molar-refractivity contribution in [3.05, 3.63) is 120 Å². The standard InChI is InChI=1S/C48H68FN5O7S/c1-6-7-8-9-10-11-12-13-14-15-16-17-18-19-20-21-22-23-24-25-44(57)50-32-34-61-35-33-51-45(58)37-42(56)36-41(55)30-31-43-46(38(2)3)52-48(54(4)62(5,59)60)53-47(43)39-26-28-40(49)29-27-39/h7-8,10-11,13-14,16-17,19-20,22-23,26-31,38,41-42,55-56H,6,9,12,15,18,21,24-25,32-37H2,1-5H3,(H,50,57)(H,51,58)/b8-7-,11-10-,14-13-,17-16-,20-19-,23-22-,31-30+/t41-,42-/m1/s1. The fraction of sp³-hybridized carbons (Fsp3) is 0.458. The molecule has 0 aliphatic rings. The number of aliphatic hydroxyl groups is 2. The minimum absolute atomic E-state index is 0.0600.